The van der Waals surface area contributed by atoms with Crippen molar-refractivity contribution < 1.29 is 10.2 Å². The average molecular weight is 441 g/mol. The summed E-state index contributed by atoms with van der Waals surface area (Å²) in [6, 6.07) is 15.3. The number of phenols is 2. The fourth-order valence-electron chi connectivity index (χ4n) is 3.94. The molecule has 2 rings (SSSR count). The zero-order chi connectivity index (χ0) is 23.3. The first-order valence-corrected chi connectivity index (χ1v) is 13.2. The van der Waals surface area contributed by atoms with Gasteiger partial charge in [-0.1, -0.05) is 121 Å². The summed E-state index contributed by atoms with van der Waals surface area (Å²) in [7, 11) is 0. The van der Waals surface area contributed by atoms with Crippen molar-refractivity contribution >= 4 is 0 Å². The van der Waals surface area contributed by atoms with Gasteiger partial charge in [0.15, 0.2) is 0 Å². The SMILES string of the molecule is CCCCCCCCCc1ccc(O)cc1.CCCCCCCCCc1ccccc1O. The number of aromatic hydroxyl groups is 2. The van der Waals surface area contributed by atoms with Crippen LogP contribution in [0.2, 0.25) is 0 Å². The molecular formula is C30H48O2. The van der Waals surface area contributed by atoms with Crippen molar-refractivity contribution in [3.05, 3.63) is 59.7 Å². The Morgan fingerprint density at radius 1 is 0.500 bits per heavy atom. The molecule has 0 aliphatic rings. The van der Waals surface area contributed by atoms with Gasteiger partial charge in [-0.05, 0) is 55.0 Å². The fraction of sp³-hybridized carbons (Fsp3) is 0.600. The minimum atomic E-state index is 0.364. The Labute approximate surface area is 198 Å². The lowest BCUT2D eigenvalue weighted by molar-refractivity contribution is 0.466. The lowest BCUT2D eigenvalue weighted by atomic mass is 10.0. The molecule has 0 atom stereocenters. The van der Waals surface area contributed by atoms with E-state index in [0.29, 0.717) is 11.5 Å². The van der Waals surface area contributed by atoms with Gasteiger partial charge in [0.1, 0.15) is 11.5 Å². The zero-order valence-electron chi connectivity index (χ0n) is 20.8. The largest absolute Gasteiger partial charge is 0.508 e. The molecule has 0 saturated heterocycles. The second-order valence-corrected chi connectivity index (χ2v) is 9.04. The molecule has 0 aromatic heterocycles. The van der Waals surface area contributed by atoms with Crippen LogP contribution in [0.3, 0.4) is 0 Å². The lowest BCUT2D eigenvalue weighted by Crippen LogP contribution is -1.87. The highest BCUT2D eigenvalue weighted by atomic mass is 16.3. The first-order chi connectivity index (χ1) is 15.7. The van der Waals surface area contributed by atoms with E-state index in [4.69, 9.17) is 5.11 Å². The summed E-state index contributed by atoms with van der Waals surface area (Å²) >= 11 is 0. The van der Waals surface area contributed by atoms with Gasteiger partial charge in [0.2, 0.25) is 0 Å². The number of benzene rings is 2. The lowest BCUT2D eigenvalue weighted by Gasteiger charge is -2.04. The molecule has 0 spiro atoms. The van der Waals surface area contributed by atoms with E-state index >= 15 is 0 Å². The first kappa shape index (κ1) is 28.1. The number of para-hydroxylation sites is 1. The molecule has 0 aliphatic heterocycles. The Bertz CT molecular complexity index is 663. The molecule has 0 bridgehead atoms. The molecule has 2 heteroatoms. The van der Waals surface area contributed by atoms with Crippen LogP contribution in [0.15, 0.2) is 48.5 Å². The number of rotatable bonds is 16. The highest BCUT2D eigenvalue weighted by molar-refractivity contribution is 5.31. The van der Waals surface area contributed by atoms with Crippen molar-refractivity contribution in [2.45, 2.75) is 117 Å². The number of aryl methyl sites for hydroxylation is 2. The summed E-state index contributed by atoms with van der Waals surface area (Å²) in [5, 5.41) is 18.7. The van der Waals surface area contributed by atoms with Crippen molar-refractivity contribution in [2.24, 2.45) is 0 Å². The summed E-state index contributed by atoms with van der Waals surface area (Å²) in [5.41, 5.74) is 2.43. The van der Waals surface area contributed by atoms with Gasteiger partial charge in [-0.3, -0.25) is 0 Å². The topological polar surface area (TPSA) is 40.5 Å². The molecule has 2 N–H and O–H groups in total. The van der Waals surface area contributed by atoms with Crippen molar-refractivity contribution in [2.75, 3.05) is 0 Å². The second-order valence-electron chi connectivity index (χ2n) is 9.04. The molecule has 2 aromatic rings. The van der Waals surface area contributed by atoms with E-state index < -0.39 is 0 Å². The maximum atomic E-state index is 9.58. The smallest absolute Gasteiger partial charge is 0.118 e. The summed E-state index contributed by atoms with van der Waals surface area (Å²) in [6.07, 6.45) is 20.9. The molecule has 0 unspecified atom stereocenters. The molecule has 0 saturated carbocycles. The van der Waals surface area contributed by atoms with Crippen molar-refractivity contribution in [3.8, 4) is 11.5 Å². The van der Waals surface area contributed by atoms with Gasteiger partial charge in [0.25, 0.3) is 0 Å². The Morgan fingerprint density at radius 2 is 0.969 bits per heavy atom. The van der Waals surface area contributed by atoms with E-state index in [1.54, 1.807) is 18.2 Å². The molecular weight excluding hydrogens is 392 g/mol. The van der Waals surface area contributed by atoms with Gasteiger partial charge in [0, 0.05) is 0 Å². The van der Waals surface area contributed by atoms with Crippen molar-refractivity contribution in [1.82, 2.24) is 0 Å². The maximum Gasteiger partial charge on any atom is 0.118 e. The van der Waals surface area contributed by atoms with Crippen LogP contribution in [0.4, 0.5) is 0 Å². The molecule has 0 radical (unpaired) electrons. The quantitative estimate of drug-likeness (QED) is 0.255. The van der Waals surface area contributed by atoms with Crippen LogP contribution < -0.4 is 0 Å². The van der Waals surface area contributed by atoms with Crippen LogP contribution in [0, 0.1) is 0 Å². The third kappa shape index (κ3) is 14.9. The Balaban J connectivity index is 0.000000320. The molecule has 32 heavy (non-hydrogen) atoms. The molecule has 180 valence electrons. The number of unbranched alkanes of at least 4 members (excludes halogenated alkanes) is 12. The second kappa shape index (κ2) is 19.7. The average Bonchev–Trinajstić information content (AvgIpc) is 2.81. The molecule has 0 heterocycles. The van der Waals surface area contributed by atoms with Crippen LogP contribution in [0.1, 0.15) is 115 Å². The van der Waals surface area contributed by atoms with Gasteiger partial charge in [0.05, 0.1) is 0 Å². The van der Waals surface area contributed by atoms with Gasteiger partial charge >= 0.3 is 0 Å². The van der Waals surface area contributed by atoms with Crippen LogP contribution in [-0.2, 0) is 12.8 Å². The third-order valence-electron chi connectivity index (χ3n) is 6.05. The van der Waals surface area contributed by atoms with Crippen LogP contribution >= 0.6 is 0 Å². The van der Waals surface area contributed by atoms with Gasteiger partial charge in [-0.2, -0.15) is 0 Å². The summed E-state index contributed by atoms with van der Waals surface area (Å²) < 4.78 is 0. The number of phenolic OH excluding ortho intramolecular Hbond substituents is 2. The standard InChI is InChI=1S/2C15H24O/c1-2-3-4-5-6-7-8-11-14-12-9-10-13-15(14)16;1-2-3-4-5-6-7-8-9-14-10-12-15(16)13-11-14/h9-10,12-13,16H,2-8,11H2,1H3;10-13,16H,2-9H2,1H3. The summed E-state index contributed by atoms with van der Waals surface area (Å²) in [6.45, 7) is 4.50. The summed E-state index contributed by atoms with van der Waals surface area (Å²) in [5.74, 6) is 0.816. The van der Waals surface area contributed by atoms with E-state index in [0.717, 1.165) is 18.4 Å². The van der Waals surface area contributed by atoms with Crippen LogP contribution in [0.25, 0.3) is 0 Å². The van der Waals surface area contributed by atoms with E-state index in [1.165, 1.54) is 95.5 Å². The van der Waals surface area contributed by atoms with E-state index in [9.17, 15) is 5.11 Å². The molecule has 2 aromatic carbocycles. The number of hydrogen-bond donors (Lipinski definition) is 2. The van der Waals surface area contributed by atoms with E-state index in [-0.39, 0.29) is 0 Å². The predicted molar refractivity (Wildman–Crippen MR) is 140 cm³/mol. The Morgan fingerprint density at radius 3 is 1.50 bits per heavy atom. The maximum absolute atomic E-state index is 9.58. The molecule has 0 fully saturated rings. The van der Waals surface area contributed by atoms with E-state index in [2.05, 4.69) is 13.8 Å². The monoisotopic (exact) mass is 440 g/mol. The normalized spacial score (nSPS) is 10.6. The van der Waals surface area contributed by atoms with Gasteiger partial charge < -0.3 is 10.2 Å². The first-order valence-electron chi connectivity index (χ1n) is 13.2. The summed E-state index contributed by atoms with van der Waals surface area (Å²) in [4.78, 5) is 0. The third-order valence-corrected chi connectivity index (χ3v) is 6.05. The van der Waals surface area contributed by atoms with E-state index in [1.807, 2.05) is 30.3 Å². The van der Waals surface area contributed by atoms with Gasteiger partial charge in [-0.15, -0.1) is 0 Å². The van der Waals surface area contributed by atoms with Crippen LogP contribution in [0.5, 0.6) is 11.5 Å². The van der Waals surface area contributed by atoms with Crippen molar-refractivity contribution in [1.29, 1.82) is 0 Å². The minimum Gasteiger partial charge on any atom is -0.508 e. The van der Waals surface area contributed by atoms with Gasteiger partial charge in [-0.25, -0.2) is 0 Å². The molecule has 0 aliphatic carbocycles. The predicted octanol–water partition coefficient (Wildman–Crippen LogP) is 9.37. The molecule has 2 nitrogen and oxygen atoms in total. The Kier molecular flexibility index (Phi) is 17.3. The Hall–Kier alpha value is -1.96. The number of hydrogen-bond acceptors (Lipinski definition) is 2. The van der Waals surface area contributed by atoms with Crippen LogP contribution in [-0.4, -0.2) is 10.2 Å². The highest BCUT2D eigenvalue weighted by Crippen LogP contribution is 2.19. The fourth-order valence-corrected chi connectivity index (χ4v) is 3.94. The van der Waals surface area contributed by atoms with Crippen molar-refractivity contribution in [3.63, 3.8) is 0 Å². The highest BCUT2D eigenvalue weighted by Gasteiger charge is 1.99. The minimum absolute atomic E-state index is 0.364. The molecule has 0 amide bonds. The zero-order valence-corrected chi connectivity index (χ0v) is 20.8.